The van der Waals surface area contributed by atoms with E-state index >= 15 is 0 Å². The maximum atomic E-state index is 12.0. The van der Waals surface area contributed by atoms with E-state index in [2.05, 4.69) is 20.7 Å². The van der Waals surface area contributed by atoms with Crippen molar-refractivity contribution in [3.05, 3.63) is 59.7 Å². The Morgan fingerprint density at radius 2 is 2.16 bits per heavy atom. The minimum Gasteiger partial charge on any atom is -0.487 e. The Hall–Kier alpha value is -3.16. The number of aryl methyl sites for hydroxylation is 2. The molecular formula is C17H20N6O2. The number of amides is 1. The first kappa shape index (κ1) is 16.7. The SMILES string of the molecule is Cc1cccc(OCc2cn(CC(=O)NCc3ccn(C)n3)nn2)c1. The van der Waals surface area contributed by atoms with Gasteiger partial charge >= 0.3 is 0 Å². The smallest absolute Gasteiger partial charge is 0.242 e. The quantitative estimate of drug-likeness (QED) is 0.699. The average Bonchev–Trinajstić information content (AvgIpc) is 3.20. The lowest BCUT2D eigenvalue weighted by Gasteiger charge is -2.04. The molecule has 3 rings (SSSR count). The Balaban J connectivity index is 1.46. The van der Waals surface area contributed by atoms with Crippen LogP contribution in [0, 0.1) is 6.92 Å². The lowest BCUT2D eigenvalue weighted by molar-refractivity contribution is -0.122. The highest BCUT2D eigenvalue weighted by molar-refractivity contribution is 5.75. The zero-order chi connectivity index (χ0) is 17.6. The normalized spacial score (nSPS) is 10.6. The van der Waals surface area contributed by atoms with Crippen molar-refractivity contribution in [3.8, 4) is 5.75 Å². The second-order valence-corrected chi connectivity index (χ2v) is 5.77. The third kappa shape index (κ3) is 4.90. The number of benzene rings is 1. The highest BCUT2D eigenvalue weighted by atomic mass is 16.5. The lowest BCUT2D eigenvalue weighted by Crippen LogP contribution is -2.27. The molecule has 1 aromatic carbocycles. The van der Waals surface area contributed by atoms with Gasteiger partial charge in [-0.2, -0.15) is 5.10 Å². The van der Waals surface area contributed by atoms with Crippen LogP contribution in [-0.4, -0.2) is 30.7 Å². The summed E-state index contributed by atoms with van der Waals surface area (Å²) < 4.78 is 8.85. The molecule has 0 atom stereocenters. The molecule has 1 amide bonds. The van der Waals surface area contributed by atoms with E-state index in [1.165, 1.54) is 4.68 Å². The predicted octanol–water partition coefficient (Wildman–Crippen LogP) is 1.22. The Morgan fingerprint density at radius 3 is 2.92 bits per heavy atom. The molecule has 0 aliphatic rings. The molecule has 0 aliphatic heterocycles. The van der Waals surface area contributed by atoms with Crippen LogP contribution < -0.4 is 10.1 Å². The van der Waals surface area contributed by atoms with Gasteiger partial charge in [-0.1, -0.05) is 17.3 Å². The summed E-state index contributed by atoms with van der Waals surface area (Å²) in [5, 5.41) is 15.0. The fraction of sp³-hybridized carbons (Fsp3) is 0.294. The molecule has 0 radical (unpaired) electrons. The van der Waals surface area contributed by atoms with Gasteiger partial charge in [0.1, 0.15) is 24.6 Å². The molecule has 1 N–H and O–H groups in total. The number of rotatable bonds is 7. The fourth-order valence-corrected chi connectivity index (χ4v) is 2.29. The van der Waals surface area contributed by atoms with Gasteiger partial charge in [0.25, 0.3) is 0 Å². The van der Waals surface area contributed by atoms with Gasteiger partial charge in [0.2, 0.25) is 5.91 Å². The number of carbonyl (C=O) groups excluding carboxylic acids is 1. The molecule has 0 saturated carbocycles. The Morgan fingerprint density at radius 1 is 1.28 bits per heavy atom. The molecule has 2 heterocycles. The molecule has 0 bridgehead atoms. The Labute approximate surface area is 145 Å². The average molecular weight is 340 g/mol. The zero-order valence-corrected chi connectivity index (χ0v) is 14.2. The maximum Gasteiger partial charge on any atom is 0.242 e. The number of ether oxygens (including phenoxy) is 1. The van der Waals surface area contributed by atoms with E-state index < -0.39 is 0 Å². The van der Waals surface area contributed by atoms with Gasteiger partial charge in [-0.15, -0.1) is 5.10 Å². The van der Waals surface area contributed by atoms with Crippen molar-refractivity contribution in [1.82, 2.24) is 30.1 Å². The van der Waals surface area contributed by atoms with Crippen LogP contribution in [0.4, 0.5) is 0 Å². The molecule has 130 valence electrons. The second-order valence-electron chi connectivity index (χ2n) is 5.77. The molecule has 0 unspecified atom stereocenters. The number of hydrogen-bond donors (Lipinski definition) is 1. The summed E-state index contributed by atoms with van der Waals surface area (Å²) in [6, 6.07) is 9.65. The minimum absolute atomic E-state index is 0.101. The largest absolute Gasteiger partial charge is 0.487 e. The predicted molar refractivity (Wildman–Crippen MR) is 90.6 cm³/mol. The third-order valence-corrected chi connectivity index (χ3v) is 3.50. The van der Waals surface area contributed by atoms with E-state index in [9.17, 15) is 4.79 Å². The summed E-state index contributed by atoms with van der Waals surface area (Å²) in [5.74, 6) is 0.629. The first-order chi connectivity index (χ1) is 12.1. The molecule has 0 saturated heterocycles. The van der Waals surface area contributed by atoms with Gasteiger partial charge in [0.05, 0.1) is 18.4 Å². The van der Waals surface area contributed by atoms with Gasteiger partial charge < -0.3 is 10.1 Å². The van der Waals surface area contributed by atoms with Crippen LogP contribution in [0.5, 0.6) is 5.75 Å². The van der Waals surface area contributed by atoms with E-state index in [0.29, 0.717) is 18.8 Å². The first-order valence-electron chi connectivity index (χ1n) is 7.92. The van der Waals surface area contributed by atoms with E-state index in [1.54, 1.807) is 10.9 Å². The van der Waals surface area contributed by atoms with Crippen molar-refractivity contribution >= 4 is 5.91 Å². The Bertz CT molecular complexity index is 854. The molecule has 2 aromatic heterocycles. The fourth-order valence-electron chi connectivity index (χ4n) is 2.29. The van der Waals surface area contributed by atoms with Gasteiger partial charge in [-0.3, -0.25) is 9.48 Å². The van der Waals surface area contributed by atoms with Crippen LogP contribution in [0.25, 0.3) is 0 Å². The monoisotopic (exact) mass is 340 g/mol. The zero-order valence-electron chi connectivity index (χ0n) is 14.2. The van der Waals surface area contributed by atoms with Crippen molar-refractivity contribution < 1.29 is 9.53 Å². The second kappa shape index (κ2) is 7.61. The van der Waals surface area contributed by atoms with Crippen LogP contribution in [0.3, 0.4) is 0 Å². The number of aromatic nitrogens is 5. The lowest BCUT2D eigenvalue weighted by atomic mass is 10.2. The number of hydrogen-bond acceptors (Lipinski definition) is 5. The third-order valence-electron chi connectivity index (χ3n) is 3.50. The molecule has 3 aromatic rings. The summed E-state index contributed by atoms with van der Waals surface area (Å²) in [5.41, 5.74) is 2.60. The van der Waals surface area contributed by atoms with Gasteiger partial charge in [0, 0.05) is 13.2 Å². The molecule has 0 aliphatic carbocycles. The molecular weight excluding hydrogens is 320 g/mol. The van der Waals surface area contributed by atoms with Gasteiger partial charge in [0.15, 0.2) is 0 Å². The van der Waals surface area contributed by atoms with Crippen LogP contribution in [-0.2, 0) is 31.5 Å². The number of nitrogens with zero attached hydrogens (tertiary/aromatic N) is 5. The maximum absolute atomic E-state index is 12.0. The van der Waals surface area contributed by atoms with Crippen molar-refractivity contribution in [1.29, 1.82) is 0 Å². The standard InChI is InChI=1S/C17H20N6O2/c1-13-4-3-5-16(8-13)25-12-15-10-23(21-19-15)11-17(24)18-9-14-6-7-22(2)20-14/h3-8,10H,9,11-12H2,1-2H3,(H,18,24). The highest BCUT2D eigenvalue weighted by Crippen LogP contribution is 2.13. The van der Waals surface area contributed by atoms with E-state index in [0.717, 1.165) is 17.0 Å². The first-order valence-corrected chi connectivity index (χ1v) is 7.92. The van der Waals surface area contributed by atoms with Crippen molar-refractivity contribution in [2.45, 2.75) is 26.6 Å². The summed E-state index contributed by atoms with van der Waals surface area (Å²) in [6.45, 7) is 2.80. The van der Waals surface area contributed by atoms with Crippen LogP contribution in [0.1, 0.15) is 17.0 Å². The summed E-state index contributed by atoms with van der Waals surface area (Å²) >= 11 is 0. The molecule has 25 heavy (non-hydrogen) atoms. The van der Waals surface area contributed by atoms with E-state index in [4.69, 9.17) is 4.74 Å². The molecule has 0 fully saturated rings. The molecule has 0 spiro atoms. The number of nitrogens with one attached hydrogen (secondary N) is 1. The summed E-state index contributed by atoms with van der Waals surface area (Å²) in [7, 11) is 1.83. The molecule has 8 nitrogen and oxygen atoms in total. The number of carbonyl (C=O) groups is 1. The van der Waals surface area contributed by atoms with Gasteiger partial charge in [-0.25, -0.2) is 4.68 Å². The molecule has 8 heteroatoms. The van der Waals surface area contributed by atoms with Crippen LogP contribution >= 0.6 is 0 Å². The van der Waals surface area contributed by atoms with Crippen molar-refractivity contribution in [2.24, 2.45) is 7.05 Å². The topological polar surface area (TPSA) is 86.9 Å². The summed E-state index contributed by atoms with van der Waals surface area (Å²) in [6.07, 6.45) is 3.54. The van der Waals surface area contributed by atoms with E-state index in [1.807, 2.05) is 50.5 Å². The van der Waals surface area contributed by atoms with Crippen LogP contribution in [0.2, 0.25) is 0 Å². The summed E-state index contributed by atoms with van der Waals surface area (Å²) in [4.78, 5) is 12.0. The minimum atomic E-state index is -0.151. The van der Waals surface area contributed by atoms with E-state index in [-0.39, 0.29) is 12.5 Å². The Kier molecular flexibility index (Phi) is 5.08. The van der Waals surface area contributed by atoms with Crippen molar-refractivity contribution in [2.75, 3.05) is 0 Å². The van der Waals surface area contributed by atoms with Crippen LogP contribution in [0.15, 0.2) is 42.7 Å². The highest BCUT2D eigenvalue weighted by Gasteiger charge is 2.07. The van der Waals surface area contributed by atoms with Gasteiger partial charge in [-0.05, 0) is 30.7 Å². The van der Waals surface area contributed by atoms with Crippen molar-refractivity contribution in [3.63, 3.8) is 0 Å².